The summed E-state index contributed by atoms with van der Waals surface area (Å²) in [5.41, 5.74) is 1.06. The Kier molecular flexibility index (Phi) is 3.63. The lowest BCUT2D eigenvalue weighted by Crippen LogP contribution is -2.29. The van der Waals surface area contributed by atoms with Gasteiger partial charge in [-0.15, -0.1) is 11.3 Å². The third-order valence-electron chi connectivity index (χ3n) is 2.02. The molecule has 0 aliphatic heterocycles. The second-order valence-electron chi connectivity index (χ2n) is 3.75. The Hall–Kier alpha value is -0.900. The molecule has 0 aliphatic carbocycles. The van der Waals surface area contributed by atoms with Crippen molar-refractivity contribution in [3.05, 3.63) is 16.1 Å². The molecule has 0 amide bonds. The predicted octanol–water partition coefficient (Wildman–Crippen LogP) is 2.52. The summed E-state index contributed by atoms with van der Waals surface area (Å²) >= 11 is 1.66. The third kappa shape index (κ3) is 2.80. The van der Waals surface area contributed by atoms with E-state index in [1.807, 2.05) is 32.7 Å². The molecule has 0 bridgehead atoms. The molecular weight excluding hydrogens is 194 g/mol. The zero-order chi connectivity index (χ0) is 10.7. The van der Waals surface area contributed by atoms with Crippen LogP contribution in [0.3, 0.4) is 0 Å². The Balaban J connectivity index is 2.57. The van der Waals surface area contributed by atoms with Gasteiger partial charge in [0, 0.05) is 18.3 Å². The average molecular weight is 211 g/mol. The van der Waals surface area contributed by atoms with Gasteiger partial charge in [0.25, 0.3) is 0 Å². The maximum absolute atomic E-state index is 7.81. The number of nitrogens with one attached hydrogen (secondary N) is 1. The van der Waals surface area contributed by atoms with Gasteiger partial charge in [-0.05, 0) is 6.92 Å². The summed E-state index contributed by atoms with van der Waals surface area (Å²) < 4.78 is 0. The van der Waals surface area contributed by atoms with Gasteiger partial charge in [0.05, 0.1) is 23.1 Å². The minimum absolute atomic E-state index is 0.278. The number of nitrogens with zero attached hydrogens (tertiary/aromatic N) is 2. The molecular formula is C10H17N3S. The lowest BCUT2D eigenvalue weighted by Gasteiger charge is -2.21. The molecule has 1 N–H and O–H groups in total. The summed E-state index contributed by atoms with van der Waals surface area (Å²) in [6, 6.07) is 0. The van der Waals surface area contributed by atoms with Gasteiger partial charge in [-0.1, -0.05) is 13.8 Å². The summed E-state index contributed by atoms with van der Waals surface area (Å²) in [6.45, 7) is 6.81. The van der Waals surface area contributed by atoms with Crippen molar-refractivity contribution in [1.82, 2.24) is 9.88 Å². The van der Waals surface area contributed by atoms with E-state index in [0.29, 0.717) is 5.84 Å². The van der Waals surface area contributed by atoms with E-state index in [2.05, 4.69) is 10.4 Å². The van der Waals surface area contributed by atoms with Gasteiger partial charge < -0.3 is 4.90 Å². The molecule has 0 fully saturated rings. The van der Waals surface area contributed by atoms with E-state index in [1.165, 1.54) is 0 Å². The van der Waals surface area contributed by atoms with Crippen molar-refractivity contribution >= 4 is 17.2 Å². The van der Waals surface area contributed by atoms with Crippen LogP contribution in [0, 0.1) is 18.3 Å². The van der Waals surface area contributed by atoms with E-state index in [9.17, 15) is 0 Å². The molecule has 14 heavy (non-hydrogen) atoms. The molecule has 1 aromatic heterocycles. The molecule has 0 unspecified atom stereocenters. The Morgan fingerprint density at radius 1 is 1.64 bits per heavy atom. The summed E-state index contributed by atoms with van der Waals surface area (Å²) in [4.78, 5) is 6.32. The van der Waals surface area contributed by atoms with Crippen molar-refractivity contribution in [2.45, 2.75) is 27.3 Å². The van der Waals surface area contributed by atoms with Crippen LogP contribution in [0.5, 0.6) is 0 Å². The lowest BCUT2D eigenvalue weighted by molar-refractivity contribution is 0.463. The highest BCUT2D eigenvalue weighted by Crippen LogP contribution is 2.11. The van der Waals surface area contributed by atoms with Gasteiger partial charge in [0.1, 0.15) is 0 Å². The SMILES string of the molecule is Cc1nc(CN(C)C(=N)C(C)C)cs1. The van der Waals surface area contributed by atoms with Crippen LogP contribution in [0.4, 0.5) is 0 Å². The van der Waals surface area contributed by atoms with Crippen LogP contribution >= 0.6 is 11.3 Å². The molecule has 1 rings (SSSR count). The van der Waals surface area contributed by atoms with Crippen molar-refractivity contribution < 1.29 is 0 Å². The highest BCUT2D eigenvalue weighted by atomic mass is 32.1. The van der Waals surface area contributed by atoms with E-state index in [0.717, 1.165) is 17.2 Å². The molecule has 1 aromatic rings. The average Bonchev–Trinajstić information content (AvgIpc) is 2.49. The van der Waals surface area contributed by atoms with E-state index < -0.39 is 0 Å². The second kappa shape index (κ2) is 4.55. The fourth-order valence-electron chi connectivity index (χ4n) is 1.25. The van der Waals surface area contributed by atoms with E-state index in [4.69, 9.17) is 5.41 Å². The van der Waals surface area contributed by atoms with Crippen molar-refractivity contribution in [3.8, 4) is 0 Å². The quantitative estimate of drug-likeness (QED) is 0.616. The van der Waals surface area contributed by atoms with Crippen molar-refractivity contribution in [1.29, 1.82) is 5.41 Å². The van der Waals surface area contributed by atoms with Crippen LogP contribution in [-0.4, -0.2) is 22.8 Å². The zero-order valence-electron chi connectivity index (χ0n) is 9.16. The number of aryl methyl sites for hydroxylation is 1. The first-order valence-electron chi connectivity index (χ1n) is 4.71. The summed E-state index contributed by atoms with van der Waals surface area (Å²) in [5, 5.41) is 10.9. The Labute approximate surface area is 89.3 Å². The maximum Gasteiger partial charge on any atom is 0.0984 e. The van der Waals surface area contributed by atoms with Crippen LogP contribution in [0.2, 0.25) is 0 Å². The van der Waals surface area contributed by atoms with Crippen molar-refractivity contribution in [2.75, 3.05) is 7.05 Å². The van der Waals surface area contributed by atoms with Crippen molar-refractivity contribution in [2.24, 2.45) is 5.92 Å². The number of hydrogen-bond acceptors (Lipinski definition) is 3. The first-order chi connectivity index (χ1) is 6.50. The van der Waals surface area contributed by atoms with Crippen LogP contribution in [-0.2, 0) is 6.54 Å². The molecule has 78 valence electrons. The fraction of sp³-hybridized carbons (Fsp3) is 0.600. The largest absolute Gasteiger partial charge is 0.357 e. The van der Waals surface area contributed by atoms with Gasteiger partial charge in [0.15, 0.2) is 0 Å². The highest BCUT2D eigenvalue weighted by molar-refractivity contribution is 7.09. The molecule has 3 nitrogen and oxygen atoms in total. The van der Waals surface area contributed by atoms with Crippen LogP contribution in [0.1, 0.15) is 24.5 Å². The monoisotopic (exact) mass is 211 g/mol. The number of rotatable bonds is 3. The van der Waals surface area contributed by atoms with E-state index >= 15 is 0 Å². The Morgan fingerprint density at radius 2 is 2.29 bits per heavy atom. The Morgan fingerprint density at radius 3 is 2.71 bits per heavy atom. The molecule has 1 heterocycles. The second-order valence-corrected chi connectivity index (χ2v) is 4.82. The standard InChI is InChI=1S/C10H17N3S/c1-7(2)10(11)13(4)5-9-6-14-8(3)12-9/h6-7,11H,5H2,1-4H3. The lowest BCUT2D eigenvalue weighted by atomic mass is 10.2. The minimum atomic E-state index is 0.278. The highest BCUT2D eigenvalue weighted by Gasteiger charge is 2.10. The summed E-state index contributed by atoms with van der Waals surface area (Å²) in [7, 11) is 1.94. The molecule has 0 saturated heterocycles. The minimum Gasteiger partial charge on any atom is -0.357 e. The first kappa shape index (κ1) is 11.2. The van der Waals surface area contributed by atoms with E-state index in [1.54, 1.807) is 11.3 Å². The molecule has 0 saturated carbocycles. The fourth-order valence-corrected chi connectivity index (χ4v) is 1.85. The number of amidine groups is 1. The zero-order valence-corrected chi connectivity index (χ0v) is 9.98. The number of aromatic nitrogens is 1. The summed E-state index contributed by atoms with van der Waals surface area (Å²) in [6.07, 6.45) is 0. The molecule has 0 spiro atoms. The Bertz CT molecular complexity index is 317. The molecule has 0 radical (unpaired) electrons. The smallest absolute Gasteiger partial charge is 0.0984 e. The van der Waals surface area contributed by atoms with Gasteiger partial charge in [-0.2, -0.15) is 0 Å². The van der Waals surface area contributed by atoms with Gasteiger partial charge in [0.2, 0.25) is 0 Å². The first-order valence-corrected chi connectivity index (χ1v) is 5.59. The molecule has 0 atom stereocenters. The van der Waals surface area contributed by atoms with Crippen LogP contribution in [0.25, 0.3) is 0 Å². The van der Waals surface area contributed by atoms with Crippen LogP contribution < -0.4 is 0 Å². The normalized spacial score (nSPS) is 10.6. The maximum atomic E-state index is 7.81. The molecule has 4 heteroatoms. The van der Waals surface area contributed by atoms with Gasteiger partial charge in [-0.3, -0.25) is 5.41 Å². The number of thiazole rings is 1. The number of hydrogen-bond donors (Lipinski definition) is 1. The van der Waals surface area contributed by atoms with Crippen molar-refractivity contribution in [3.63, 3.8) is 0 Å². The van der Waals surface area contributed by atoms with Crippen LogP contribution in [0.15, 0.2) is 5.38 Å². The molecule has 0 aliphatic rings. The van der Waals surface area contributed by atoms with Gasteiger partial charge in [-0.25, -0.2) is 4.98 Å². The molecule has 0 aromatic carbocycles. The predicted molar refractivity (Wildman–Crippen MR) is 60.9 cm³/mol. The summed E-state index contributed by atoms with van der Waals surface area (Å²) in [5.74, 6) is 0.940. The van der Waals surface area contributed by atoms with E-state index in [-0.39, 0.29) is 5.92 Å². The topological polar surface area (TPSA) is 40.0 Å². The van der Waals surface area contributed by atoms with Gasteiger partial charge >= 0.3 is 0 Å². The third-order valence-corrected chi connectivity index (χ3v) is 2.85.